The average molecular weight is 634 g/mol. The van der Waals surface area contributed by atoms with Gasteiger partial charge in [-0.3, -0.25) is 19.2 Å². The van der Waals surface area contributed by atoms with E-state index in [4.69, 9.17) is 33.7 Å². The monoisotopic (exact) mass is 632 g/mol. The number of rotatable bonds is 10. The van der Waals surface area contributed by atoms with Crippen molar-refractivity contribution in [2.75, 3.05) is 6.54 Å². The number of nitrogens with two attached hydrogens (primary N) is 1. The predicted molar refractivity (Wildman–Crippen MR) is 158 cm³/mol. The summed E-state index contributed by atoms with van der Waals surface area (Å²) in [5.41, 5.74) is 7.50. The van der Waals surface area contributed by atoms with Crippen molar-refractivity contribution in [3.8, 4) is 0 Å². The number of likely N-dealkylation sites (tertiary alicyclic amines) is 1. The molecule has 0 radical (unpaired) electrons. The number of piperidine rings is 1. The minimum Gasteiger partial charge on any atom is -0.446 e. The van der Waals surface area contributed by atoms with Gasteiger partial charge >= 0.3 is 6.09 Å². The van der Waals surface area contributed by atoms with Gasteiger partial charge in [0.25, 0.3) is 5.91 Å². The molecule has 12 heteroatoms. The zero-order valence-electron chi connectivity index (χ0n) is 23.9. The first-order valence-corrected chi connectivity index (χ1v) is 16.2. The minimum absolute atomic E-state index is 0.126. The van der Waals surface area contributed by atoms with Crippen LogP contribution < -0.4 is 16.4 Å². The highest BCUT2D eigenvalue weighted by atomic mass is 35.5. The van der Waals surface area contributed by atoms with Crippen molar-refractivity contribution >= 4 is 52.8 Å². The molecule has 0 aromatic heterocycles. The summed E-state index contributed by atoms with van der Waals surface area (Å²) >= 11 is 13.1. The number of fused-ring (bicyclic) bond motifs is 2. The van der Waals surface area contributed by atoms with Crippen molar-refractivity contribution in [2.24, 2.45) is 29.4 Å². The van der Waals surface area contributed by atoms with E-state index in [1.54, 1.807) is 0 Å². The molecule has 1 aromatic rings. The smallest absolute Gasteiger partial charge is 0.408 e. The maximum Gasteiger partial charge on any atom is 0.408 e. The second-order valence-electron chi connectivity index (χ2n) is 12.9. The average Bonchev–Trinajstić information content (AvgIpc) is 3.73. The van der Waals surface area contributed by atoms with E-state index < -0.39 is 58.0 Å². The number of carbonyl (C=O) groups is 5. The maximum atomic E-state index is 14.4. The summed E-state index contributed by atoms with van der Waals surface area (Å²) < 4.78 is 4.53. The van der Waals surface area contributed by atoms with E-state index in [1.807, 2.05) is 24.3 Å². The van der Waals surface area contributed by atoms with Crippen LogP contribution in [0, 0.1) is 23.7 Å². The Morgan fingerprint density at radius 1 is 0.977 bits per heavy atom. The fraction of sp³-hybridized carbons (Fsp3) is 0.645. The number of primary amides is 1. The van der Waals surface area contributed by atoms with E-state index in [1.165, 1.54) is 4.90 Å². The Morgan fingerprint density at radius 2 is 1.63 bits per heavy atom. The number of amides is 4. The molecule has 232 valence electrons. The molecule has 1 aromatic carbocycles. The number of carbonyl (C=O) groups excluding carboxylic acids is 5. The van der Waals surface area contributed by atoms with Crippen LogP contribution in [0.25, 0.3) is 0 Å². The van der Waals surface area contributed by atoms with Crippen molar-refractivity contribution in [2.45, 2.75) is 92.8 Å². The largest absolute Gasteiger partial charge is 0.446 e. The van der Waals surface area contributed by atoms with Gasteiger partial charge in [-0.05, 0) is 67.9 Å². The summed E-state index contributed by atoms with van der Waals surface area (Å²) in [5.74, 6) is -3.96. The molecule has 4 N–H and O–H groups in total. The van der Waals surface area contributed by atoms with Gasteiger partial charge in [-0.1, -0.05) is 43.5 Å². The number of Topliss-reactive ketones (excluding diaryl/α,β-unsaturated/α-hetero) is 1. The summed E-state index contributed by atoms with van der Waals surface area (Å²) in [5, 5.41) is 5.57. The summed E-state index contributed by atoms with van der Waals surface area (Å²) in [4.78, 5) is 67.1. The third kappa shape index (κ3) is 6.23. The Hall–Kier alpha value is -2.85. The highest BCUT2D eigenvalue weighted by Crippen LogP contribution is 2.65. The first kappa shape index (κ1) is 30.2. The lowest BCUT2D eigenvalue weighted by atomic mass is 9.94. The quantitative estimate of drug-likeness (QED) is 0.267. The standard InChI is InChI=1S/C31H38Cl2N4O6/c32-31(33)21-15-37(25(23(21)31)28(40)35-22(12-16-10-11-16)26(38)27(34)39)29(41)24(19-13-17-6-4-5-7-18(17)14-19)36-30(42)43-20-8-2-1-3-9-20/h4-7,16,19-25H,1-3,8-15H2,(H2,34,39)(H,35,40)(H,36,42)/t21-,22?,23-,24-,25-/m0/s1. The Kier molecular flexibility index (Phi) is 8.37. The van der Waals surface area contributed by atoms with Crippen LogP contribution in [-0.4, -0.2) is 69.6 Å². The zero-order chi connectivity index (χ0) is 30.5. The molecule has 1 aliphatic heterocycles. The lowest BCUT2D eigenvalue weighted by Gasteiger charge is -2.35. The van der Waals surface area contributed by atoms with Gasteiger partial charge in [0.1, 0.15) is 22.5 Å². The molecule has 0 bridgehead atoms. The van der Waals surface area contributed by atoms with Crippen LogP contribution in [0.2, 0.25) is 0 Å². The number of nitrogens with one attached hydrogen (secondary N) is 2. The van der Waals surface area contributed by atoms with Crippen LogP contribution in [0.3, 0.4) is 0 Å². The molecule has 5 atom stereocenters. The zero-order valence-corrected chi connectivity index (χ0v) is 25.4. The van der Waals surface area contributed by atoms with Crippen LogP contribution in [0.15, 0.2) is 24.3 Å². The first-order chi connectivity index (χ1) is 20.5. The fourth-order valence-electron chi connectivity index (χ4n) is 7.36. The summed E-state index contributed by atoms with van der Waals surface area (Å²) in [7, 11) is 0. The van der Waals surface area contributed by atoms with Crippen LogP contribution in [0.1, 0.15) is 62.5 Å². The predicted octanol–water partition coefficient (Wildman–Crippen LogP) is 2.80. The van der Waals surface area contributed by atoms with E-state index in [-0.39, 0.29) is 30.4 Å². The molecule has 6 rings (SSSR count). The molecular weight excluding hydrogens is 595 g/mol. The van der Waals surface area contributed by atoms with Gasteiger partial charge < -0.3 is 26.0 Å². The van der Waals surface area contributed by atoms with E-state index in [0.717, 1.165) is 56.1 Å². The van der Waals surface area contributed by atoms with Crippen LogP contribution in [-0.2, 0) is 36.8 Å². The van der Waals surface area contributed by atoms with Gasteiger partial charge in [-0.15, -0.1) is 23.2 Å². The van der Waals surface area contributed by atoms with E-state index in [9.17, 15) is 24.0 Å². The molecule has 4 aliphatic carbocycles. The molecule has 1 unspecified atom stereocenters. The Balaban J connectivity index is 1.23. The van der Waals surface area contributed by atoms with Gasteiger partial charge in [0.2, 0.25) is 17.6 Å². The summed E-state index contributed by atoms with van der Waals surface area (Å²) in [6, 6.07) is 4.82. The third-order valence-electron chi connectivity index (χ3n) is 9.95. The number of alkyl carbamates (subject to hydrolysis) is 1. The molecule has 5 aliphatic rings. The number of halogens is 2. The summed E-state index contributed by atoms with van der Waals surface area (Å²) in [6.45, 7) is 0.126. The number of hydrogen-bond acceptors (Lipinski definition) is 6. The molecule has 3 saturated carbocycles. The van der Waals surface area contributed by atoms with Gasteiger partial charge in [0.15, 0.2) is 0 Å². The lowest BCUT2D eigenvalue weighted by Crippen LogP contribution is -2.59. The van der Waals surface area contributed by atoms with E-state index in [0.29, 0.717) is 19.3 Å². The molecule has 4 fully saturated rings. The highest BCUT2D eigenvalue weighted by Gasteiger charge is 2.74. The van der Waals surface area contributed by atoms with Crippen LogP contribution in [0.4, 0.5) is 4.79 Å². The molecule has 1 heterocycles. The number of benzene rings is 1. The number of hydrogen-bond donors (Lipinski definition) is 3. The maximum absolute atomic E-state index is 14.4. The van der Waals surface area contributed by atoms with Crippen LogP contribution in [0.5, 0.6) is 0 Å². The SMILES string of the molecule is NC(=O)C(=O)C(CC1CC1)NC(=O)[C@@H]1[C@@H]2[C@H](CN1C(=O)[C@@H](NC(=O)OC1CCCCC1)C1Cc3ccccc3C1)C2(Cl)Cl. The lowest BCUT2D eigenvalue weighted by molar-refractivity contribution is -0.143. The second-order valence-corrected chi connectivity index (χ2v) is 14.4. The van der Waals surface area contributed by atoms with Crippen molar-refractivity contribution in [3.05, 3.63) is 35.4 Å². The number of ether oxygens (including phenoxy) is 1. The third-order valence-corrected chi connectivity index (χ3v) is 11.0. The number of alkyl halides is 2. The molecule has 1 saturated heterocycles. The summed E-state index contributed by atoms with van der Waals surface area (Å²) in [6.07, 6.45) is 7.10. The Morgan fingerprint density at radius 3 is 2.23 bits per heavy atom. The fourth-order valence-corrected chi connectivity index (χ4v) is 8.19. The molecule has 4 amide bonds. The van der Waals surface area contributed by atoms with Crippen molar-refractivity contribution < 1.29 is 28.7 Å². The normalized spacial score (nSPS) is 27.4. The number of ketones is 1. The molecule has 0 spiro atoms. The van der Waals surface area contributed by atoms with Crippen LogP contribution >= 0.6 is 23.2 Å². The highest BCUT2D eigenvalue weighted by molar-refractivity contribution is 6.51. The Bertz CT molecular complexity index is 1290. The van der Waals surface area contributed by atoms with Gasteiger partial charge in [0, 0.05) is 18.4 Å². The first-order valence-electron chi connectivity index (χ1n) is 15.4. The molecule has 43 heavy (non-hydrogen) atoms. The van der Waals surface area contributed by atoms with Gasteiger partial charge in [-0.25, -0.2) is 4.79 Å². The molecular formula is C31H38Cl2N4O6. The Labute approximate surface area is 260 Å². The molecule has 10 nitrogen and oxygen atoms in total. The van der Waals surface area contributed by atoms with Crippen molar-refractivity contribution in [3.63, 3.8) is 0 Å². The van der Waals surface area contributed by atoms with Crippen molar-refractivity contribution in [1.29, 1.82) is 0 Å². The van der Waals surface area contributed by atoms with Gasteiger partial charge in [0.05, 0.1) is 6.04 Å². The van der Waals surface area contributed by atoms with Crippen molar-refractivity contribution in [1.82, 2.24) is 15.5 Å². The van der Waals surface area contributed by atoms with Gasteiger partial charge in [-0.2, -0.15) is 0 Å². The minimum atomic E-state index is -1.20. The second kappa shape index (κ2) is 11.9. The van der Waals surface area contributed by atoms with E-state index in [2.05, 4.69) is 10.6 Å². The number of nitrogens with zero attached hydrogens (tertiary/aromatic N) is 1. The topological polar surface area (TPSA) is 148 Å². The van der Waals surface area contributed by atoms with E-state index >= 15 is 0 Å².